The molecule has 0 aliphatic heterocycles. The van der Waals surface area contributed by atoms with Gasteiger partial charge in [-0.3, -0.25) is 4.79 Å². The lowest BCUT2D eigenvalue weighted by atomic mass is 10.2. The third kappa shape index (κ3) is 4.48. The Hall–Kier alpha value is -0.770. The minimum absolute atomic E-state index is 0.125. The highest BCUT2D eigenvalue weighted by Gasteiger charge is 2.15. The zero-order valence-corrected chi connectivity index (χ0v) is 12.3. The molecule has 18 heavy (non-hydrogen) atoms. The number of halogens is 2. The van der Waals surface area contributed by atoms with Crippen LogP contribution in [0.1, 0.15) is 27.2 Å². The predicted molar refractivity (Wildman–Crippen MR) is 77.4 cm³/mol. The first-order valence-corrected chi connectivity index (χ1v) is 6.71. The van der Waals surface area contributed by atoms with Crippen molar-refractivity contribution in [3.05, 3.63) is 28.2 Å². The van der Waals surface area contributed by atoms with E-state index >= 15 is 0 Å². The summed E-state index contributed by atoms with van der Waals surface area (Å²) in [6, 6.07) is 4.99. The molecule has 1 aromatic rings. The van der Waals surface area contributed by atoms with Crippen LogP contribution in [0.4, 0.5) is 5.69 Å². The van der Waals surface area contributed by atoms with Crippen LogP contribution in [0.25, 0.3) is 0 Å². The molecular formula is C13H18Cl2N2O. The molecule has 0 aliphatic carbocycles. The van der Waals surface area contributed by atoms with Gasteiger partial charge in [-0.2, -0.15) is 0 Å². The monoisotopic (exact) mass is 288 g/mol. The van der Waals surface area contributed by atoms with Gasteiger partial charge in [0, 0.05) is 11.1 Å². The molecule has 0 radical (unpaired) electrons. The van der Waals surface area contributed by atoms with Crippen LogP contribution in [0.15, 0.2) is 18.2 Å². The maximum atomic E-state index is 12.0. The van der Waals surface area contributed by atoms with Gasteiger partial charge in [-0.05, 0) is 38.5 Å². The number of hydrogen-bond acceptors (Lipinski definition) is 2. The summed E-state index contributed by atoms with van der Waals surface area (Å²) in [5.74, 6) is -0.125. The molecule has 1 amide bonds. The first kappa shape index (κ1) is 15.3. The summed E-state index contributed by atoms with van der Waals surface area (Å²) in [5.41, 5.74) is 0.534. The fourth-order valence-electron chi connectivity index (χ4n) is 1.45. The predicted octanol–water partition coefficient (Wildman–Crippen LogP) is 3.71. The molecule has 1 aromatic carbocycles. The molecule has 0 saturated heterocycles. The highest BCUT2D eigenvalue weighted by Crippen LogP contribution is 2.25. The van der Waals surface area contributed by atoms with E-state index in [2.05, 4.69) is 17.6 Å². The van der Waals surface area contributed by atoms with E-state index in [4.69, 9.17) is 23.2 Å². The van der Waals surface area contributed by atoms with Gasteiger partial charge in [-0.25, -0.2) is 0 Å². The lowest BCUT2D eigenvalue weighted by Crippen LogP contribution is -2.42. The van der Waals surface area contributed by atoms with Crippen LogP contribution in [-0.4, -0.2) is 18.0 Å². The van der Waals surface area contributed by atoms with E-state index in [1.54, 1.807) is 18.2 Å². The van der Waals surface area contributed by atoms with Crippen LogP contribution in [0.3, 0.4) is 0 Å². The molecule has 0 heterocycles. The molecule has 2 atom stereocenters. The van der Waals surface area contributed by atoms with Gasteiger partial charge < -0.3 is 10.6 Å². The molecule has 5 heteroatoms. The van der Waals surface area contributed by atoms with Gasteiger partial charge in [-0.1, -0.05) is 30.1 Å². The number of amides is 1. The smallest absolute Gasteiger partial charge is 0.241 e. The minimum atomic E-state index is -0.282. The van der Waals surface area contributed by atoms with Crippen LogP contribution < -0.4 is 10.6 Å². The lowest BCUT2D eigenvalue weighted by molar-refractivity contribution is -0.117. The maximum Gasteiger partial charge on any atom is 0.241 e. The second kappa shape index (κ2) is 6.98. The standard InChI is InChI=1S/C13H18Cl2N2O/c1-4-8(2)16-9(3)13(18)17-12-7-10(14)5-6-11(12)15/h5-9,16H,4H2,1-3H3,(H,17,18)/t8-,9+/m0/s1. The normalized spacial score (nSPS) is 14.1. The van der Waals surface area contributed by atoms with Gasteiger partial charge in [0.25, 0.3) is 0 Å². The first-order chi connectivity index (χ1) is 8.43. The molecule has 0 fully saturated rings. The summed E-state index contributed by atoms with van der Waals surface area (Å²) in [6.45, 7) is 5.92. The van der Waals surface area contributed by atoms with Crippen LogP contribution in [-0.2, 0) is 4.79 Å². The fourth-order valence-corrected chi connectivity index (χ4v) is 1.79. The molecule has 0 aromatic heterocycles. The SMILES string of the molecule is CC[C@H](C)N[C@H](C)C(=O)Nc1cc(Cl)ccc1Cl. The largest absolute Gasteiger partial charge is 0.323 e. The average Bonchev–Trinajstić information content (AvgIpc) is 2.33. The van der Waals surface area contributed by atoms with Gasteiger partial charge in [0.1, 0.15) is 0 Å². The molecular weight excluding hydrogens is 271 g/mol. The molecule has 100 valence electrons. The number of rotatable bonds is 5. The van der Waals surface area contributed by atoms with E-state index in [9.17, 15) is 4.79 Å². The molecule has 0 unspecified atom stereocenters. The van der Waals surface area contributed by atoms with Crippen molar-refractivity contribution < 1.29 is 4.79 Å². The van der Waals surface area contributed by atoms with Crippen molar-refractivity contribution in [3.63, 3.8) is 0 Å². The lowest BCUT2D eigenvalue weighted by Gasteiger charge is -2.18. The van der Waals surface area contributed by atoms with Gasteiger partial charge in [0.05, 0.1) is 16.8 Å². The molecule has 3 nitrogen and oxygen atoms in total. The van der Waals surface area contributed by atoms with Crippen molar-refractivity contribution >= 4 is 34.8 Å². The fraction of sp³-hybridized carbons (Fsp3) is 0.462. The Balaban J connectivity index is 2.66. The summed E-state index contributed by atoms with van der Waals surface area (Å²) < 4.78 is 0. The molecule has 1 rings (SSSR count). The van der Waals surface area contributed by atoms with Crippen molar-refractivity contribution in [1.29, 1.82) is 0 Å². The Morgan fingerprint density at radius 3 is 2.61 bits per heavy atom. The first-order valence-electron chi connectivity index (χ1n) is 5.96. The minimum Gasteiger partial charge on any atom is -0.323 e. The number of hydrogen-bond donors (Lipinski definition) is 2. The summed E-state index contributed by atoms with van der Waals surface area (Å²) in [4.78, 5) is 12.0. The molecule has 0 spiro atoms. The van der Waals surface area contributed by atoms with E-state index in [0.29, 0.717) is 21.8 Å². The highest BCUT2D eigenvalue weighted by molar-refractivity contribution is 6.35. The zero-order valence-electron chi connectivity index (χ0n) is 10.8. The van der Waals surface area contributed by atoms with Gasteiger partial charge >= 0.3 is 0 Å². The van der Waals surface area contributed by atoms with E-state index in [1.807, 2.05) is 13.8 Å². The van der Waals surface area contributed by atoms with E-state index < -0.39 is 0 Å². The maximum absolute atomic E-state index is 12.0. The topological polar surface area (TPSA) is 41.1 Å². The zero-order chi connectivity index (χ0) is 13.7. The number of anilines is 1. The Morgan fingerprint density at radius 2 is 2.00 bits per heavy atom. The molecule has 2 N–H and O–H groups in total. The molecule has 0 saturated carbocycles. The van der Waals surface area contributed by atoms with Crippen LogP contribution >= 0.6 is 23.2 Å². The van der Waals surface area contributed by atoms with E-state index in [-0.39, 0.29) is 11.9 Å². The number of carbonyl (C=O) groups excluding carboxylic acids is 1. The van der Waals surface area contributed by atoms with Crippen molar-refractivity contribution in [2.75, 3.05) is 5.32 Å². The van der Waals surface area contributed by atoms with Gasteiger partial charge in [0.15, 0.2) is 0 Å². The van der Waals surface area contributed by atoms with Crippen LogP contribution in [0, 0.1) is 0 Å². The summed E-state index contributed by atoms with van der Waals surface area (Å²) >= 11 is 11.8. The van der Waals surface area contributed by atoms with E-state index in [0.717, 1.165) is 6.42 Å². The van der Waals surface area contributed by atoms with Crippen molar-refractivity contribution in [2.45, 2.75) is 39.3 Å². The number of carbonyl (C=O) groups is 1. The Morgan fingerprint density at radius 1 is 1.33 bits per heavy atom. The van der Waals surface area contributed by atoms with E-state index in [1.165, 1.54) is 0 Å². The Bertz CT molecular complexity index is 423. The average molecular weight is 289 g/mol. The molecule has 0 aliphatic rings. The van der Waals surface area contributed by atoms with Crippen LogP contribution in [0.2, 0.25) is 10.0 Å². The van der Waals surface area contributed by atoms with Crippen molar-refractivity contribution in [2.24, 2.45) is 0 Å². The summed E-state index contributed by atoms with van der Waals surface area (Å²) in [6.07, 6.45) is 0.968. The Labute approximate surface area is 118 Å². The Kier molecular flexibility index (Phi) is 5.93. The van der Waals surface area contributed by atoms with Crippen molar-refractivity contribution in [3.8, 4) is 0 Å². The number of nitrogens with one attached hydrogen (secondary N) is 2. The second-order valence-corrected chi connectivity index (χ2v) is 5.15. The summed E-state index contributed by atoms with van der Waals surface area (Å²) in [7, 11) is 0. The third-order valence-corrected chi connectivity index (χ3v) is 3.29. The second-order valence-electron chi connectivity index (χ2n) is 4.31. The molecule has 0 bridgehead atoms. The van der Waals surface area contributed by atoms with Gasteiger partial charge in [0.2, 0.25) is 5.91 Å². The third-order valence-electron chi connectivity index (χ3n) is 2.73. The number of benzene rings is 1. The van der Waals surface area contributed by atoms with Gasteiger partial charge in [-0.15, -0.1) is 0 Å². The summed E-state index contributed by atoms with van der Waals surface area (Å²) in [5, 5.41) is 6.97. The quantitative estimate of drug-likeness (QED) is 0.867. The highest BCUT2D eigenvalue weighted by atomic mass is 35.5. The van der Waals surface area contributed by atoms with Crippen LogP contribution in [0.5, 0.6) is 0 Å². The van der Waals surface area contributed by atoms with Crippen molar-refractivity contribution in [1.82, 2.24) is 5.32 Å².